The Labute approximate surface area is 207 Å². The van der Waals surface area contributed by atoms with Gasteiger partial charge in [-0.25, -0.2) is 15.0 Å². The largest absolute Gasteiger partial charge is 0.388 e. The highest BCUT2D eigenvalue weighted by Crippen LogP contribution is 2.42. The molecule has 3 atom stereocenters. The third kappa shape index (κ3) is 3.41. The van der Waals surface area contributed by atoms with Gasteiger partial charge in [-0.2, -0.15) is 0 Å². The van der Waals surface area contributed by atoms with Gasteiger partial charge in [0.05, 0.1) is 6.61 Å². The molecular formula is C21H21ClN6O4S2. The number of hydrogen-bond donors (Lipinski definition) is 4. The molecule has 0 aliphatic carbocycles. The summed E-state index contributed by atoms with van der Waals surface area (Å²) in [6, 6.07) is 3.85. The summed E-state index contributed by atoms with van der Waals surface area (Å²) in [6.07, 6.45) is -1.42. The summed E-state index contributed by atoms with van der Waals surface area (Å²) in [7, 11) is 1.71. The summed E-state index contributed by atoms with van der Waals surface area (Å²) in [5.74, 6) is 0.216. The first-order valence-electron chi connectivity index (χ1n) is 10.4. The summed E-state index contributed by atoms with van der Waals surface area (Å²) in [5, 5.41) is 30.7. The van der Waals surface area contributed by atoms with Gasteiger partial charge in [0.1, 0.15) is 22.9 Å². The lowest BCUT2D eigenvalue weighted by atomic mass is 10.0. The predicted molar refractivity (Wildman–Crippen MR) is 131 cm³/mol. The van der Waals surface area contributed by atoms with Crippen LogP contribution in [0.25, 0.3) is 33.0 Å². The van der Waals surface area contributed by atoms with Crippen molar-refractivity contribution in [2.75, 3.05) is 25.5 Å². The van der Waals surface area contributed by atoms with Gasteiger partial charge in [0.2, 0.25) is 0 Å². The SMILES string of the molecule is CCNC(=O)C1(n2cnc3c(NC)nc(-c4ccsc4-c4ccsc4Cl)nc32)OCC(O)C1O. The number of carbonyl (C=O) groups is 1. The van der Waals surface area contributed by atoms with Crippen LogP contribution in [0.2, 0.25) is 4.34 Å². The number of halogens is 1. The Bertz CT molecular complexity index is 1370. The molecule has 4 aromatic rings. The molecule has 0 spiro atoms. The number of aromatic nitrogens is 4. The zero-order chi connectivity index (χ0) is 24.0. The van der Waals surface area contributed by atoms with Crippen LogP contribution in [-0.4, -0.2) is 68.0 Å². The van der Waals surface area contributed by atoms with Crippen LogP contribution in [0.15, 0.2) is 29.2 Å². The zero-order valence-electron chi connectivity index (χ0n) is 18.1. The summed E-state index contributed by atoms with van der Waals surface area (Å²) < 4.78 is 7.78. The van der Waals surface area contributed by atoms with E-state index >= 15 is 0 Å². The van der Waals surface area contributed by atoms with Crippen molar-refractivity contribution in [1.29, 1.82) is 0 Å². The third-order valence-electron chi connectivity index (χ3n) is 5.66. The zero-order valence-corrected chi connectivity index (χ0v) is 20.5. The fraction of sp³-hybridized carbons (Fsp3) is 0.333. The number of ether oxygens (including phenoxy) is 1. The fourth-order valence-electron chi connectivity index (χ4n) is 4.05. The molecule has 0 radical (unpaired) electrons. The number of amides is 1. The smallest absolute Gasteiger partial charge is 0.276 e. The van der Waals surface area contributed by atoms with Gasteiger partial charge in [0, 0.05) is 29.6 Å². The van der Waals surface area contributed by atoms with Crippen molar-refractivity contribution in [3.8, 4) is 21.8 Å². The number of aliphatic hydroxyl groups is 2. The van der Waals surface area contributed by atoms with Gasteiger partial charge in [0.15, 0.2) is 22.8 Å². The Morgan fingerprint density at radius 1 is 1.29 bits per heavy atom. The van der Waals surface area contributed by atoms with Crippen LogP contribution in [0, 0.1) is 0 Å². The predicted octanol–water partition coefficient (Wildman–Crippen LogP) is 2.52. The maximum Gasteiger partial charge on any atom is 0.276 e. The van der Waals surface area contributed by atoms with Crippen molar-refractivity contribution in [1.82, 2.24) is 24.8 Å². The van der Waals surface area contributed by atoms with Gasteiger partial charge in [-0.05, 0) is 29.8 Å². The molecule has 4 aromatic heterocycles. The van der Waals surface area contributed by atoms with E-state index in [0.29, 0.717) is 28.0 Å². The average Bonchev–Trinajstić information content (AvgIpc) is 3.61. The fourth-order valence-corrected chi connectivity index (χ4v) is 6.02. The molecule has 3 unspecified atom stereocenters. The first-order chi connectivity index (χ1) is 16.4. The number of carbonyl (C=O) groups excluding carboxylic acids is 1. The van der Waals surface area contributed by atoms with E-state index in [9.17, 15) is 15.0 Å². The number of anilines is 1. The normalized spacial score (nSPS) is 22.4. The van der Waals surface area contributed by atoms with Crippen LogP contribution in [-0.2, 0) is 15.3 Å². The highest BCUT2D eigenvalue weighted by Gasteiger charge is 2.57. The number of nitrogens with one attached hydrogen (secondary N) is 2. The molecule has 5 heterocycles. The van der Waals surface area contributed by atoms with Gasteiger partial charge >= 0.3 is 0 Å². The van der Waals surface area contributed by atoms with Crippen LogP contribution < -0.4 is 10.6 Å². The Kier molecular flexibility index (Phi) is 6.04. The molecule has 10 nitrogen and oxygen atoms in total. The number of likely N-dealkylation sites (N-methyl/N-ethyl adjacent to an activating group) is 1. The van der Waals surface area contributed by atoms with Crippen molar-refractivity contribution < 1.29 is 19.7 Å². The first kappa shape index (κ1) is 23.1. The minimum atomic E-state index is -1.94. The lowest BCUT2D eigenvalue weighted by molar-refractivity contribution is -0.168. The van der Waals surface area contributed by atoms with E-state index < -0.39 is 23.8 Å². The molecule has 13 heteroatoms. The molecule has 34 heavy (non-hydrogen) atoms. The topological polar surface area (TPSA) is 134 Å². The first-order valence-corrected chi connectivity index (χ1v) is 12.6. The van der Waals surface area contributed by atoms with Crippen LogP contribution >= 0.6 is 34.3 Å². The molecule has 1 aliphatic heterocycles. The summed E-state index contributed by atoms with van der Waals surface area (Å²) in [5.41, 5.74) is 0.363. The maximum atomic E-state index is 13.2. The number of nitrogens with zero attached hydrogens (tertiary/aromatic N) is 4. The molecule has 0 aromatic carbocycles. The molecule has 1 fully saturated rings. The summed E-state index contributed by atoms with van der Waals surface area (Å²) in [6.45, 7) is 1.84. The van der Waals surface area contributed by atoms with E-state index in [1.165, 1.54) is 33.6 Å². The van der Waals surface area contributed by atoms with E-state index in [4.69, 9.17) is 21.3 Å². The monoisotopic (exact) mass is 520 g/mol. The third-order valence-corrected chi connectivity index (χ3v) is 7.78. The lowest BCUT2D eigenvalue weighted by Crippen LogP contribution is -2.56. The quantitative estimate of drug-likeness (QED) is 0.304. The molecule has 1 saturated heterocycles. The van der Waals surface area contributed by atoms with Gasteiger partial charge < -0.3 is 25.6 Å². The van der Waals surface area contributed by atoms with Crippen LogP contribution in [0.3, 0.4) is 0 Å². The molecular weight excluding hydrogens is 500 g/mol. The molecule has 178 valence electrons. The molecule has 1 aliphatic rings. The van der Waals surface area contributed by atoms with Gasteiger partial charge in [-0.15, -0.1) is 22.7 Å². The van der Waals surface area contributed by atoms with Crippen LogP contribution in [0.4, 0.5) is 5.82 Å². The molecule has 1 amide bonds. The molecule has 0 saturated carbocycles. The number of thiophene rings is 2. The maximum absolute atomic E-state index is 13.2. The lowest BCUT2D eigenvalue weighted by Gasteiger charge is -2.31. The van der Waals surface area contributed by atoms with E-state index in [0.717, 1.165) is 16.0 Å². The van der Waals surface area contributed by atoms with Crippen molar-refractivity contribution in [3.63, 3.8) is 0 Å². The van der Waals surface area contributed by atoms with Crippen molar-refractivity contribution >= 4 is 57.2 Å². The van der Waals surface area contributed by atoms with E-state index in [2.05, 4.69) is 20.6 Å². The van der Waals surface area contributed by atoms with E-state index in [1.807, 2.05) is 22.9 Å². The van der Waals surface area contributed by atoms with E-state index in [-0.39, 0.29) is 12.3 Å². The van der Waals surface area contributed by atoms with Gasteiger partial charge in [0.25, 0.3) is 11.6 Å². The average molecular weight is 521 g/mol. The minimum Gasteiger partial charge on any atom is -0.388 e. The Balaban J connectivity index is 1.73. The number of aliphatic hydroxyl groups excluding tert-OH is 2. The van der Waals surface area contributed by atoms with Gasteiger partial charge in [-0.3, -0.25) is 9.36 Å². The summed E-state index contributed by atoms with van der Waals surface area (Å²) >= 11 is 9.35. The van der Waals surface area contributed by atoms with Crippen molar-refractivity contribution in [2.24, 2.45) is 0 Å². The number of hydrogen-bond acceptors (Lipinski definition) is 10. The van der Waals surface area contributed by atoms with Crippen LogP contribution in [0.5, 0.6) is 0 Å². The van der Waals surface area contributed by atoms with E-state index in [1.54, 1.807) is 14.0 Å². The van der Waals surface area contributed by atoms with Crippen molar-refractivity contribution in [2.45, 2.75) is 24.9 Å². The number of fused-ring (bicyclic) bond motifs is 1. The number of imidazole rings is 1. The summed E-state index contributed by atoms with van der Waals surface area (Å²) in [4.78, 5) is 27.9. The molecule has 0 bridgehead atoms. The van der Waals surface area contributed by atoms with Crippen molar-refractivity contribution in [3.05, 3.63) is 33.6 Å². The standard InChI is InChI=1S/C21H21ClN6O4S2/c1-3-24-20(31)21(15(30)12(29)8-32-21)28-9-25-13-18(23-2)26-17(27-19(13)28)11-5-6-33-14(11)10-4-7-34-16(10)22/h4-7,9,12,15,29-30H,3,8H2,1-2H3,(H,24,31)(H,23,26,27). The second-order valence-corrected chi connectivity index (χ2v) is 10.0. The van der Waals surface area contributed by atoms with Crippen LogP contribution in [0.1, 0.15) is 6.92 Å². The minimum absolute atomic E-state index is 0.222. The Morgan fingerprint density at radius 3 is 2.71 bits per heavy atom. The Morgan fingerprint density at radius 2 is 2.06 bits per heavy atom. The second kappa shape index (κ2) is 8.87. The number of rotatable bonds is 6. The second-order valence-electron chi connectivity index (χ2n) is 7.58. The Hall–Kier alpha value is -2.61. The highest BCUT2D eigenvalue weighted by molar-refractivity contribution is 7.17. The highest BCUT2D eigenvalue weighted by atomic mass is 35.5. The molecule has 5 rings (SSSR count). The molecule has 4 N–H and O–H groups in total. The van der Waals surface area contributed by atoms with Gasteiger partial charge in [-0.1, -0.05) is 11.6 Å².